The third-order valence-electron chi connectivity index (χ3n) is 8.32. The standard InChI is InChI=1S/C38H60N2O4/c1-25(41)39(27-21-29(35(3,4)5)33(43)30(22-27)36(6,7)8)19-17-15-16-18-20-40(26(2)42)28-23-31(37(9,10)11)34(44)32(24-28)38(12,13)14/h21-24,43-44H,15-20H2,1-14H3. The quantitative estimate of drug-likeness (QED) is 0.278. The van der Waals surface area contributed by atoms with Crippen molar-refractivity contribution in [3.8, 4) is 11.5 Å². The minimum Gasteiger partial charge on any atom is -0.507 e. The molecule has 0 unspecified atom stereocenters. The van der Waals surface area contributed by atoms with Crippen molar-refractivity contribution in [2.24, 2.45) is 0 Å². The second-order valence-electron chi connectivity index (χ2n) is 16.5. The normalized spacial score (nSPS) is 12.8. The van der Waals surface area contributed by atoms with Gasteiger partial charge in [-0.1, -0.05) is 95.9 Å². The first-order valence-electron chi connectivity index (χ1n) is 16.2. The van der Waals surface area contributed by atoms with Gasteiger partial charge >= 0.3 is 0 Å². The van der Waals surface area contributed by atoms with Crippen LogP contribution in [0.2, 0.25) is 0 Å². The number of aromatic hydroxyl groups is 2. The van der Waals surface area contributed by atoms with E-state index in [4.69, 9.17) is 0 Å². The summed E-state index contributed by atoms with van der Waals surface area (Å²) in [7, 11) is 0. The highest BCUT2D eigenvalue weighted by Crippen LogP contribution is 2.43. The van der Waals surface area contributed by atoms with Gasteiger partial charge in [-0.05, 0) is 58.8 Å². The van der Waals surface area contributed by atoms with Gasteiger partial charge in [0, 0.05) is 60.6 Å². The van der Waals surface area contributed by atoms with Crippen molar-refractivity contribution in [2.45, 2.75) is 144 Å². The van der Waals surface area contributed by atoms with Crippen LogP contribution < -0.4 is 9.80 Å². The number of phenolic OH excluding ortho intramolecular Hbond substituents is 2. The van der Waals surface area contributed by atoms with Crippen LogP contribution >= 0.6 is 0 Å². The van der Waals surface area contributed by atoms with E-state index >= 15 is 0 Å². The van der Waals surface area contributed by atoms with Crippen LogP contribution in [0.15, 0.2) is 24.3 Å². The van der Waals surface area contributed by atoms with Crippen LogP contribution in [0.3, 0.4) is 0 Å². The molecule has 246 valence electrons. The number of nitrogens with zero attached hydrogens (tertiary/aromatic N) is 2. The predicted molar refractivity (Wildman–Crippen MR) is 186 cm³/mol. The number of carbonyl (C=O) groups excluding carboxylic acids is 2. The Kier molecular flexibility index (Phi) is 11.4. The van der Waals surface area contributed by atoms with Crippen molar-refractivity contribution in [2.75, 3.05) is 22.9 Å². The van der Waals surface area contributed by atoms with E-state index < -0.39 is 0 Å². The fourth-order valence-electron chi connectivity index (χ4n) is 5.67. The third-order valence-corrected chi connectivity index (χ3v) is 8.32. The average Bonchev–Trinajstić information content (AvgIpc) is 2.83. The van der Waals surface area contributed by atoms with E-state index in [1.54, 1.807) is 13.8 Å². The first kappa shape index (κ1) is 37.2. The summed E-state index contributed by atoms with van der Waals surface area (Å²) >= 11 is 0. The van der Waals surface area contributed by atoms with Crippen molar-refractivity contribution in [1.29, 1.82) is 0 Å². The van der Waals surface area contributed by atoms with Crippen LogP contribution in [-0.4, -0.2) is 35.1 Å². The fourth-order valence-corrected chi connectivity index (χ4v) is 5.67. The maximum absolute atomic E-state index is 12.8. The van der Waals surface area contributed by atoms with E-state index in [-0.39, 0.29) is 33.5 Å². The van der Waals surface area contributed by atoms with Crippen molar-refractivity contribution in [3.63, 3.8) is 0 Å². The Morgan fingerprint density at radius 2 is 0.727 bits per heavy atom. The number of carbonyl (C=O) groups is 2. The molecule has 6 heteroatoms. The van der Waals surface area contributed by atoms with Gasteiger partial charge in [0.15, 0.2) is 0 Å². The highest BCUT2D eigenvalue weighted by atomic mass is 16.3. The van der Waals surface area contributed by atoms with Crippen molar-refractivity contribution in [3.05, 3.63) is 46.5 Å². The summed E-state index contributed by atoms with van der Waals surface area (Å²) in [4.78, 5) is 29.3. The van der Waals surface area contributed by atoms with Gasteiger partial charge in [0.05, 0.1) is 0 Å². The molecule has 0 heterocycles. The van der Waals surface area contributed by atoms with Crippen molar-refractivity contribution in [1.82, 2.24) is 0 Å². The van der Waals surface area contributed by atoms with E-state index in [1.165, 1.54) is 0 Å². The molecular formula is C38H60N2O4. The second kappa shape index (κ2) is 13.5. The Labute approximate surface area is 267 Å². The van der Waals surface area contributed by atoms with Gasteiger partial charge in [-0.25, -0.2) is 0 Å². The summed E-state index contributed by atoms with van der Waals surface area (Å²) in [6, 6.07) is 7.86. The monoisotopic (exact) mass is 608 g/mol. The molecule has 0 radical (unpaired) electrons. The van der Waals surface area contributed by atoms with E-state index in [0.29, 0.717) is 24.6 Å². The Balaban J connectivity index is 2.20. The number of hydrogen-bond acceptors (Lipinski definition) is 4. The number of amides is 2. The first-order valence-corrected chi connectivity index (χ1v) is 16.2. The zero-order valence-electron chi connectivity index (χ0n) is 30.2. The highest BCUT2D eigenvalue weighted by molar-refractivity contribution is 5.92. The molecule has 0 saturated carbocycles. The smallest absolute Gasteiger partial charge is 0.223 e. The van der Waals surface area contributed by atoms with E-state index in [0.717, 1.165) is 59.3 Å². The molecule has 6 nitrogen and oxygen atoms in total. The van der Waals surface area contributed by atoms with E-state index in [9.17, 15) is 19.8 Å². The summed E-state index contributed by atoms with van der Waals surface area (Å²) in [6.07, 6.45) is 3.50. The van der Waals surface area contributed by atoms with Gasteiger partial charge in [0.2, 0.25) is 11.8 Å². The van der Waals surface area contributed by atoms with Crippen LogP contribution in [0.1, 0.15) is 145 Å². The Bertz CT molecular complexity index is 1160. The lowest BCUT2D eigenvalue weighted by atomic mass is 9.79. The molecule has 0 aliphatic carbocycles. The topological polar surface area (TPSA) is 81.1 Å². The Hall–Kier alpha value is -3.02. The molecule has 0 aromatic heterocycles. The van der Waals surface area contributed by atoms with Gasteiger partial charge in [0.25, 0.3) is 0 Å². The molecular weight excluding hydrogens is 548 g/mol. The lowest BCUT2D eigenvalue weighted by molar-refractivity contribution is -0.117. The molecule has 2 aromatic rings. The van der Waals surface area contributed by atoms with Gasteiger partial charge in [0.1, 0.15) is 11.5 Å². The third kappa shape index (κ3) is 9.25. The molecule has 0 atom stereocenters. The lowest BCUT2D eigenvalue weighted by Gasteiger charge is -2.31. The molecule has 2 N–H and O–H groups in total. The SMILES string of the molecule is CC(=O)N(CCCCCCN(C(C)=O)c1cc(C(C)(C)C)c(O)c(C(C)(C)C)c1)c1cc(C(C)(C)C)c(O)c(C(C)(C)C)c1. The Morgan fingerprint density at radius 1 is 0.500 bits per heavy atom. The lowest BCUT2D eigenvalue weighted by Crippen LogP contribution is -2.31. The molecule has 2 amide bonds. The number of hydrogen-bond donors (Lipinski definition) is 2. The van der Waals surface area contributed by atoms with Crippen LogP contribution in [0.5, 0.6) is 11.5 Å². The van der Waals surface area contributed by atoms with Crippen LogP contribution in [0, 0.1) is 0 Å². The summed E-state index contributed by atoms with van der Waals surface area (Å²) in [5, 5.41) is 22.2. The molecule has 0 aliphatic heterocycles. The minimum atomic E-state index is -0.274. The van der Waals surface area contributed by atoms with Crippen LogP contribution in [0.4, 0.5) is 11.4 Å². The number of benzene rings is 2. The zero-order valence-corrected chi connectivity index (χ0v) is 30.2. The number of unbranched alkanes of at least 4 members (excludes halogenated alkanes) is 3. The van der Waals surface area contributed by atoms with Crippen molar-refractivity contribution < 1.29 is 19.8 Å². The van der Waals surface area contributed by atoms with E-state index in [1.807, 2.05) is 34.1 Å². The second-order valence-corrected chi connectivity index (χ2v) is 16.5. The zero-order chi connectivity index (χ0) is 34.0. The number of rotatable bonds is 9. The molecule has 0 bridgehead atoms. The summed E-state index contributed by atoms with van der Waals surface area (Å²) in [5.41, 5.74) is 3.92. The van der Waals surface area contributed by atoms with Crippen LogP contribution in [0.25, 0.3) is 0 Å². The number of anilines is 2. The van der Waals surface area contributed by atoms with Gasteiger partial charge in [-0.15, -0.1) is 0 Å². The molecule has 0 fully saturated rings. The largest absolute Gasteiger partial charge is 0.507 e. The summed E-state index contributed by atoms with van der Waals surface area (Å²) in [5.74, 6) is 0.583. The molecule has 44 heavy (non-hydrogen) atoms. The van der Waals surface area contributed by atoms with Gasteiger partial charge in [-0.2, -0.15) is 0 Å². The molecule has 2 aromatic carbocycles. The summed E-state index contributed by atoms with van der Waals surface area (Å²) < 4.78 is 0. The first-order chi connectivity index (χ1) is 19.9. The average molecular weight is 609 g/mol. The minimum absolute atomic E-state index is 0.0187. The number of phenols is 2. The van der Waals surface area contributed by atoms with Crippen LogP contribution in [-0.2, 0) is 31.2 Å². The molecule has 0 aliphatic rings. The maximum Gasteiger partial charge on any atom is 0.223 e. The Morgan fingerprint density at radius 3 is 0.909 bits per heavy atom. The fraction of sp³-hybridized carbons (Fsp3) is 0.632. The van der Waals surface area contributed by atoms with Gasteiger partial charge < -0.3 is 20.0 Å². The molecule has 2 rings (SSSR count). The van der Waals surface area contributed by atoms with Gasteiger partial charge in [-0.3, -0.25) is 9.59 Å². The van der Waals surface area contributed by atoms with Crippen molar-refractivity contribution >= 4 is 23.2 Å². The predicted octanol–water partition coefficient (Wildman–Crippen LogP) is 9.25. The molecule has 0 saturated heterocycles. The maximum atomic E-state index is 12.8. The summed E-state index contributed by atoms with van der Waals surface area (Å²) in [6.45, 7) is 29.3. The molecule has 0 spiro atoms. The highest BCUT2D eigenvalue weighted by Gasteiger charge is 2.30. The van der Waals surface area contributed by atoms with E-state index in [2.05, 4.69) is 83.1 Å².